The van der Waals surface area contributed by atoms with Crippen LogP contribution >= 0.6 is 0 Å². The molecule has 0 bridgehead atoms. The third-order valence-corrected chi connectivity index (χ3v) is 4.94. The van der Waals surface area contributed by atoms with E-state index in [-0.39, 0.29) is 0 Å². The normalized spacial score (nSPS) is 12.0. The number of rotatable bonds is 4. The molecule has 7 nitrogen and oxygen atoms in total. The molecule has 0 spiro atoms. The Kier molecular flexibility index (Phi) is 3.90. The zero-order valence-corrected chi connectivity index (χ0v) is 13.5. The first-order valence-corrected chi connectivity index (χ1v) is 8.42. The average molecular weight is 343 g/mol. The first-order valence-electron chi connectivity index (χ1n) is 6.98. The van der Waals surface area contributed by atoms with Crippen molar-refractivity contribution in [2.45, 2.75) is 4.90 Å². The van der Waals surface area contributed by atoms with E-state index < -0.39 is 25.5 Å². The van der Waals surface area contributed by atoms with Gasteiger partial charge in [-0.2, -0.15) is 12.8 Å². The smallest absolute Gasteiger partial charge is 0.289 e. The Morgan fingerprint density at radius 2 is 1.79 bits per heavy atom. The van der Waals surface area contributed by atoms with Crippen molar-refractivity contribution in [1.29, 1.82) is 0 Å². The molecular formula is C16H13N3O4S. The summed E-state index contributed by atoms with van der Waals surface area (Å²) >= 11 is 0. The molecule has 3 aromatic rings. The van der Waals surface area contributed by atoms with Gasteiger partial charge in [-0.15, -0.1) is 0 Å². The van der Waals surface area contributed by atoms with Crippen molar-refractivity contribution in [1.82, 2.24) is 4.57 Å². The van der Waals surface area contributed by atoms with E-state index in [1.165, 1.54) is 24.4 Å². The van der Waals surface area contributed by atoms with E-state index in [0.717, 1.165) is 17.0 Å². The lowest BCUT2D eigenvalue weighted by Gasteiger charge is -2.01. The van der Waals surface area contributed by atoms with E-state index in [0.29, 0.717) is 5.69 Å². The van der Waals surface area contributed by atoms with Crippen LogP contribution in [-0.2, 0) is 17.1 Å². The van der Waals surface area contributed by atoms with Crippen molar-refractivity contribution in [3.63, 3.8) is 0 Å². The maximum absolute atomic E-state index is 12.3. The van der Waals surface area contributed by atoms with Gasteiger partial charge in [0, 0.05) is 24.0 Å². The number of aromatic nitrogens is 1. The largest absolute Gasteiger partial charge is 0.343 e. The van der Waals surface area contributed by atoms with E-state index in [9.17, 15) is 18.5 Å². The number of para-hydroxylation sites is 2. The number of aryl methyl sites for hydroxylation is 1. The summed E-state index contributed by atoms with van der Waals surface area (Å²) in [5, 5.41) is 11.9. The Bertz CT molecular complexity index is 1070. The fraction of sp³-hybridized carbons (Fsp3) is 0.0625. The van der Waals surface area contributed by atoms with Crippen LogP contribution in [0.3, 0.4) is 0 Å². The highest BCUT2D eigenvalue weighted by Crippen LogP contribution is 2.25. The molecule has 0 saturated carbocycles. The van der Waals surface area contributed by atoms with Crippen LogP contribution < -0.4 is 0 Å². The van der Waals surface area contributed by atoms with Crippen LogP contribution in [0, 0.1) is 10.1 Å². The molecular weight excluding hydrogens is 330 g/mol. The number of nitrogens with zero attached hydrogens (tertiary/aromatic N) is 3. The molecule has 8 heteroatoms. The van der Waals surface area contributed by atoms with Gasteiger partial charge in [-0.25, -0.2) is 0 Å². The molecule has 24 heavy (non-hydrogen) atoms. The van der Waals surface area contributed by atoms with Crippen LogP contribution in [0.4, 0.5) is 5.69 Å². The van der Waals surface area contributed by atoms with E-state index in [1.54, 1.807) is 17.7 Å². The molecule has 0 fully saturated rings. The predicted octanol–water partition coefficient (Wildman–Crippen LogP) is 2.89. The zero-order valence-electron chi connectivity index (χ0n) is 12.7. The minimum absolute atomic E-state index is 0.426. The van der Waals surface area contributed by atoms with Gasteiger partial charge in [0.25, 0.3) is 15.7 Å². The molecule has 2 aromatic carbocycles. The first-order chi connectivity index (χ1) is 11.4. The Morgan fingerprint density at radius 3 is 2.50 bits per heavy atom. The van der Waals surface area contributed by atoms with Crippen LogP contribution in [0.5, 0.6) is 0 Å². The summed E-state index contributed by atoms with van der Waals surface area (Å²) in [6, 6.07) is 14.5. The van der Waals surface area contributed by atoms with Crippen LogP contribution in [0.2, 0.25) is 0 Å². The van der Waals surface area contributed by atoms with Gasteiger partial charge in [-0.05, 0) is 18.2 Å². The van der Waals surface area contributed by atoms with Crippen molar-refractivity contribution in [3.8, 4) is 0 Å². The molecule has 0 radical (unpaired) electrons. The Morgan fingerprint density at radius 1 is 1.12 bits per heavy atom. The standard InChI is InChI=1S/C16H13N3O4S/c1-18-13(10-12-6-2-3-7-14(12)18)11-17-24(22,23)16-9-5-4-8-15(16)19(20)21/h2-11H,1H3/b17-11+. The van der Waals surface area contributed by atoms with Crippen LogP contribution in [0.1, 0.15) is 5.69 Å². The number of sulfonamides is 1. The van der Waals surface area contributed by atoms with Crippen molar-refractivity contribution in [2.75, 3.05) is 0 Å². The van der Waals surface area contributed by atoms with Gasteiger partial charge in [0.15, 0.2) is 4.90 Å². The van der Waals surface area contributed by atoms with Crippen LogP contribution in [0.15, 0.2) is 63.9 Å². The molecule has 0 aliphatic rings. The number of nitro benzene ring substituents is 1. The number of hydrogen-bond acceptors (Lipinski definition) is 4. The van der Waals surface area contributed by atoms with E-state index in [4.69, 9.17) is 0 Å². The highest BCUT2D eigenvalue weighted by Gasteiger charge is 2.24. The predicted molar refractivity (Wildman–Crippen MR) is 90.8 cm³/mol. The van der Waals surface area contributed by atoms with E-state index in [2.05, 4.69) is 4.40 Å². The number of nitro groups is 1. The molecule has 3 rings (SSSR count). The second-order valence-electron chi connectivity index (χ2n) is 5.12. The fourth-order valence-electron chi connectivity index (χ4n) is 2.44. The number of fused-ring (bicyclic) bond motifs is 1. The summed E-state index contributed by atoms with van der Waals surface area (Å²) in [5.74, 6) is 0. The van der Waals surface area contributed by atoms with Crippen molar-refractivity contribution >= 4 is 32.8 Å². The van der Waals surface area contributed by atoms with Gasteiger partial charge in [-0.1, -0.05) is 30.3 Å². The monoisotopic (exact) mass is 343 g/mol. The third kappa shape index (κ3) is 2.79. The summed E-state index contributed by atoms with van der Waals surface area (Å²) < 4.78 is 30.1. The highest BCUT2D eigenvalue weighted by molar-refractivity contribution is 7.90. The summed E-state index contributed by atoms with van der Waals surface area (Å²) in [4.78, 5) is 9.84. The molecule has 1 aromatic heterocycles. The van der Waals surface area contributed by atoms with Crippen molar-refractivity contribution < 1.29 is 13.3 Å². The molecule has 0 N–H and O–H groups in total. The minimum atomic E-state index is -4.17. The van der Waals surface area contributed by atoms with Gasteiger partial charge in [0.2, 0.25) is 0 Å². The summed E-state index contributed by atoms with van der Waals surface area (Å²) in [6.45, 7) is 0. The SMILES string of the molecule is Cn1c(/C=N/S(=O)(=O)c2ccccc2[N+](=O)[O-])cc2ccccc21. The number of benzene rings is 2. The molecule has 0 atom stereocenters. The van der Waals surface area contributed by atoms with Gasteiger partial charge in [0.1, 0.15) is 0 Å². The minimum Gasteiger partial charge on any atom is -0.343 e. The molecule has 1 heterocycles. The quantitative estimate of drug-likeness (QED) is 0.413. The molecule has 0 amide bonds. The lowest BCUT2D eigenvalue weighted by atomic mass is 10.2. The maximum atomic E-state index is 12.3. The molecule has 0 aliphatic carbocycles. The van der Waals surface area contributed by atoms with Gasteiger partial charge < -0.3 is 4.57 Å². The van der Waals surface area contributed by atoms with Gasteiger partial charge >= 0.3 is 0 Å². The lowest BCUT2D eigenvalue weighted by molar-refractivity contribution is -0.387. The van der Waals surface area contributed by atoms with Gasteiger partial charge in [-0.3, -0.25) is 10.1 Å². The van der Waals surface area contributed by atoms with Crippen LogP contribution in [-0.4, -0.2) is 24.1 Å². The lowest BCUT2D eigenvalue weighted by Crippen LogP contribution is -2.03. The Hall–Kier alpha value is -3.00. The summed E-state index contributed by atoms with van der Waals surface area (Å²) in [5.41, 5.74) is 1.02. The Labute approximate surface area is 138 Å². The molecule has 122 valence electrons. The van der Waals surface area contributed by atoms with Crippen molar-refractivity contribution in [2.24, 2.45) is 11.4 Å². The topological polar surface area (TPSA) is 94.6 Å². The maximum Gasteiger partial charge on any atom is 0.289 e. The molecule has 0 saturated heterocycles. The van der Waals surface area contributed by atoms with Gasteiger partial charge in [0.05, 0.1) is 16.8 Å². The second kappa shape index (κ2) is 5.89. The molecule has 0 unspecified atom stereocenters. The fourth-order valence-corrected chi connectivity index (χ4v) is 3.46. The number of hydrogen-bond donors (Lipinski definition) is 0. The zero-order chi connectivity index (χ0) is 17.3. The Balaban J connectivity index is 2.04. The average Bonchev–Trinajstić information content (AvgIpc) is 2.90. The molecule has 0 aliphatic heterocycles. The van der Waals surface area contributed by atoms with E-state index >= 15 is 0 Å². The third-order valence-electron chi connectivity index (χ3n) is 3.65. The van der Waals surface area contributed by atoms with Crippen LogP contribution in [0.25, 0.3) is 10.9 Å². The first kappa shape index (κ1) is 15.9. The second-order valence-corrected chi connectivity index (χ2v) is 6.72. The van der Waals surface area contributed by atoms with Crippen molar-refractivity contribution in [3.05, 3.63) is 70.4 Å². The highest BCUT2D eigenvalue weighted by atomic mass is 32.2. The summed E-state index contributed by atoms with van der Waals surface area (Å²) in [6.07, 6.45) is 1.20. The van der Waals surface area contributed by atoms with E-state index in [1.807, 2.05) is 24.3 Å². The summed E-state index contributed by atoms with van der Waals surface area (Å²) in [7, 11) is -2.38.